The Bertz CT molecular complexity index is 1150. The highest BCUT2D eigenvalue weighted by Crippen LogP contribution is 2.30. The molecule has 1 aliphatic heterocycles. The van der Waals surface area contributed by atoms with Crippen LogP contribution in [0.3, 0.4) is 0 Å². The lowest BCUT2D eigenvalue weighted by atomic mass is 9.82. The van der Waals surface area contributed by atoms with E-state index in [2.05, 4.69) is 20.3 Å². The third-order valence-electron chi connectivity index (χ3n) is 7.46. The topological polar surface area (TPSA) is 96.2 Å². The van der Waals surface area contributed by atoms with Crippen molar-refractivity contribution in [1.29, 1.82) is 0 Å². The highest BCUT2D eigenvalue weighted by molar-refractivity contribution is 5.93. The smallest absolute Gasteiger partial charge is 0.228 e. The maximum absolute atomic E-state index is 12.8. The molecule has 8 heteroatoms. The van der Waals surface area contributed by atoms with E-state index in [1.165, 1.54) is 25.0 Å². The number of amides is 1. The Morgan fingerprint density at radius 3 is 2.68 bits per heavy atom. The standard InChI is InChI=1S/C26H34N6O2/c1-31-24(16-32-11-3-2-4-12-32)21(15-28-31)22-10-9-20-14-27-25(13-23(20)29-22)30-26(34)19-7-5-18(17-33)6-8-19/h9-10,13-15,18-19,33H,2-8,11-12,16-17H2,1H3,(H,27,30,34). The molecule has 1 amide bonds. The van der Waals surface area contributed by atoms with Crippen LogP contribution in [0.4, 0.5) is 5.82 Å². The van der Waals surface area contributed by atoms with Crippen LogP contribution in [0.25, 0.3) is 22.2 Å². The molecule has 2 N–H and O–H groups in total. The molecular formula is C26H34N6O2. The number of anilines is 1. The van der Waals surface area contributed by atoms with Crippen LogP contribution in [0.1, 0.15) is 50.6 Å². The van der Waals surface area contributed by atoms with Crippen molar-refractivity contribution in [1.82, 2.24) is 24.6 Å². The molecule has 0 radical (unpaired) electrons. The average Bonchev–Trinajstić information content (AvgIpc) is 3.24. The summed E-state index contributed by atoms with van der Waals surface area (Å²) in [6.07, 6.45) is 10.9. The van der Waals surface area contributed by atoms with Crippen LogP contribution < -0.4 is 5.32 Å². The molecule has 0 spiro atoms. The molecule has 0 atom stereocenters. The first-order chi connectivity index (χ1) is 16.6. The number of hydrogen-bond acceptors (Lipinski definition) is 6. The zero-order valence-corrected chi connectivity index (χ0v) is 19.9. The third-order valence-corrected chi connectivity index (χ3v) is 7.46. The molecule has 0 unspecified atom stereocenters. The van der Waals surface area contributed by atoms with Crippen molar-refractivity contribution in [2.75, 3.05) is 25.0 Å². The summed E-state index contributed by atoms with van der Waals surface area (Å²) in [5, 5.41) is 17.8. The zero-order chi connectivity index (χ0) is 23.5. The number of pyridine rings is 2. The number of rotatable bonds is 6. The third kappa shape index (κ3) is 4.98. The lowest BCUT2D eigenvalue weighted by Gasteiger charge is -2.26. The van der Waals surface area contributed by atoms with Gasteiger partial charge in [0.25, 0.3) is 0 Å². The van der Waals surface area contributed by atoms with Gasteiger partial charge >= 0.3 is 0 Å². The molecule has 0 aromatic carbocycles. The number of carbonyl (C=O) groups is 1. The lowest BCUT2D eigenvalue weighted by molar-refractivity contribution is -0.121. The molecule has 8 nitrogen and oxygen atoms in total. The zero-order valence-electron chi connectivity index (χ0n) is 19.9. The first-order valence-electron chi connectivity index (χ1n) is 12.5. The van der Waals surface area contributed by atoms with E-state index in [1.54, 1.807) is 6.20 Å². The number of carbonyl (C=O) groups excluding carboxylic acids is 1. The number of piperidine rings is 1. The van der Waals surface area contributed by atoms with Gasteiger partial charge in [-0.15, -0.1) is 0 Å². The van der Waals surface area contributed by atoms with Crippen LogP contribution in [0.2, 0.25) is 0 Å². The summed E-state index contributed by atoms with van der Waals surface area (Å²) < 4.78 is 1.96. The Morgan fingerprint density at radius 2 is 1.91 bits per heavy atom. The molecule has 34 heavy (non-hydrogen) atoms. The van der Waals surface area contributed by atoms with Crippen molar-refractivity contribution in [2.45, 2.75) is 51.5 Å². The van der Waals surface area contributed by atoms with Gasteiger partial charge in [0.1, 0.15) is 5.82 Å². The lowest BCUT2D eigenvalue weighted by Crippen LogP contribution is -2.30. The monoisotopic (exact) mass is 462 g/mol. The molecule has 1 saturated heterocycles. The van der Waals surface area contributed by atoms with Crippen LogP contribution in [-0.4, -0.2) is 55.4 Å². The maximum atomic E-state index is 12.8. The van der Waals surface area contributed by atoms with Crippen LogP contribution in [0.5, 0.6) is 0 Å². The fraction of sp³-hybridized carbons (Fsp3) is 0.538. The van der Waals surface area contributed by atoms with Crippen molar-refractivity contribution < 1.29 is 9.90 Å². The summed E-state index contributed by atoms with van der Waals surface area (Å²) in [5.74, 6) is 0.853. The first-order valence-corrected chi connectivity index (χ1v) is 12.5. The molecule has 5 rings (SSSR count). The van der Waals surface area contributed by atoms with Crippen molar-refractivity contribution in [3.8, 4) is 11.3 Å². The van der Waals surface area contributed by atoms with Crippen LogP contribution in [0.15, 0.2) is 30.6 Å². The Hall–Kier alpha value is -2.84. The molecule has 1 saturated carbocycles. The number of nitrogens with zero attached hydrogens (tertiary/aromatic N) is 5. The summed E-state index contributed by atoms with van der Waals surface area (Å²) in [5.41, 5.74) is 3.92. The van der Waals surface area contributed by atoms with E-state index in [4.69, 9.17) is 4.98 Å². The van der Waals surface area contributed by atoms with E-state index in [1.807, 2.05) is 36.1 Å². The van der Waals surface area contributed by atoms with Crippen molar-refractivity contribution in [2.24, 2.45) is 18.9 Å². The van der Waals surface area contributed by atoms with Crippen molar-refractivity contribution in [3.63, 3.8) is 0 Å². The minimum Gasteiger partial charge on any atom is -0.396 e. The van der Waals surface area contributed by atoms with Gasteiger partial charge in [-0.3, -0.25) is 14.4 Å². The van der Waals surface area contributed by atoms with E-state index in [-0.39, 0.29) is 18.4 Å². The number of aromatic nitrogens is 4. The molecule has 180 valence electrons. The molecule has 3 aromatic heterocycles. The van der Waals surface area contributed by atoms with Gasteiger partial charge in [-0.1, -0.05) is 6.42 Å². The van der Waals surface area contributed by atoms with E-state index in [0.717, 1.165) is 67.5 Å². The van der Waals surface area contributed by atoms with Gasteiger partial charge in [-0.05, 0) is 69.7 Å². The van der Waals surface area contributed by atoms with Gasteiger partial charge < -0.3 is 10.4 Å². The van der Waals surface area contributed by atoms with Crippen molar-refractivity contribution in [3.05, 3.63) is 36.3 Å². The Kier molecular flexibility index (Phi) is 6.87. The molecule has 2 fully saturated rings. The summed E-state index contributed by atoms with van der Waals surface area (Å²) in [7, 11) is 2.00. The van der Waals surface area contributed by atoms with Gasteiger partial charge in [-0.2, -0.15) is 5.10 Å². The molecular weight excluding hydrogens is 428 g/mol. The van der Waals surface area contributed by atoms with Crippen LogP contribution in [-0.2, 0) is 18.4 Å². The minimum atomic E-state index is -0.0210. The van der Waals surface area contributed by atoms with Gasteiger partial charge in [0.2, 0.25) is 5.91 Å². The van der Waals surface area contributed by atoms with E-state index in [9.17, 15) is 9.90 Å². The number of aliphatic hydroxyl groups is 1. The first kappa shape index (κ1) is 22.9. The minimum absolute atomic E-state index is 0.00970. The fourth-order valence-electron chi connectivity index (χ4n) is 5.26. The number of hydrogen-bond donors (Lipinski definition) is 2. The number of aliphatic hydroxyl groups excluding tert-OH is 1. The van der Waals surface area contributed by atoms with Gasteiger partial charge in [0.15, 0.2) is 0 Å². The molecule has 1 aliphatic carbocycles. The fourth-order valence-corrected chi connectivity index (χ4v) is 5.26. The Labute approximate surface area is 200 Å². The molecule has 0 bridgehead atoms. The summed E-state index contributed by atoms with van der Waals surface area (Å²) in [4.78, 5) is 24.6. The second-order valence-electron chi connectivity index (χ2n) is 9.81. The van der Waals surface area contributed by atoms with Crippen LogP contribution >= 0.6 is 0 Å². The van der Waals surface area contributed by atoms with Crippen molar-refractivity contribution >= 4 is 22.6 Å². The van der Waals surface area contributed by atoms with Gasteiger partial charge in [-0.25, -0.2) is 9.97 Å². The maximum Gasteiger partial charge on any atom is 0.228 e. The summed E-state index contributed by atoms with van der Waals surface area (Å²) >= 11 is 0. The second-order valence-corrected chi connectivity index (χ2v) is 9.81. The van der Waals surface area contributed by atoms with Crippen LogP contribution in [0, 0.1) is 11.8 Å². The highest BCUT2D eigenvalue weighted by atomic mass is 16.3. The Morgan fingerprint density at radius 1 is 1.12 bits per heavy atom. The Balaban J connectivity index is 1.34. The quantitative estimate of drug-likeness (QED) is 0.579. The molecule has 3 aromatic rings. The normalized spacial score (nSPS) is 21.6. The van der Waals surface area contributed by atoms with Gasteiger partial charge in [0.05, 0.1) is 23.1 Å². The summed E-state index contributed by atoms with van der Waals surface area (Å²) in [6, 6.07) is 5.92. The molecule has 4 heterocycles. The van der Waals surface area contributed by atoms with E-state index < -0.39 is 0 Å². The SMILES string of the molecule is Cn1ncc(-c2ccc3cnc(NC(=O)C4CCC(CO)CC4)cc3n2)c1CN1CCCCC1. The average molecular weight is 463 g/mol. The highest BCUT2D eigenvalue weighted by Gasteiger charge is 2.26. The number of fused-ring (bicyclic) bond motifs is 1. The van der Waals surface area contributed by atoms with E-state index >= 15 is 0 Å². The second kappa shape index (κ2) is 10.2. The molecule has 2 aliphatic rings. The number of nitrogens with one attached hydrogen (secondary N) is 1. The number of likely N-dealkylation sites (tertiary alicyclic amines) is 1. The summed E-state index contributed by atoms with van der Waals surface area (Å²) in [6.45, 7) is 3.35. The van der Waals surface area contributed by atoms with Gasteiger partial charge in [0, 0.05) is 49.3 Å². The predicted molar refractivity (Wildman–Crippen MR) is 132 cm³/mol. The predicted octanol–water partition coefficient (Wildman–Crippen LogP) is 3.75. The number of aryl methyl sites for hydroxylation is 1. The van der Waals surface area contributed by atoms with E-state index in [0.29, 0.717) is 11.7 Å². The largest absolute Gasteiger partial charge is 0.396 e.